The van der Waals surface area contributed by atoms with Gasteiger partial charge in [0.05, 0.1) is 12.6 Å². The monoisotopic (exact) mass is 372 g/mol. The number of carbonyl (C=O) groups excluding carboxylic acids is 2. The highest BCUT2D eigenvalue weighted by atomic mass is 19.1. The van der Waals surface area contributed by atoms with Gasteiger partial charge in [-0.1, -0.05) is 12.1 Å². The predicted molar refractivity (Wildman–Crippen MR) is 95.9 cm³/mol. The Bertz CT molecular complexity index is 870. The topological polar surface area (TPSA) is 92.7 Å². The fourth-order valence-corrected chi connectivity index (χ4v) is 3.36. The van der Waals surface area contributed by atoms with Gasteiger partial charge in [-0.2, -0.15) is 0 Å². The molecule has 0 unspecified atom stereocenters. The number of aromatic nitrogens is 1. The van der Waals surface area contributed by atoms with E-state index in [0.717, 1.165) is 18.4 Å². The maximum atomic E-state index is 14.1. The van der Waals surface area contributed by atoms with Crippen molar-refractivity contribution in [1.82, 2.24) is 9.88 Å². The summed E-state index contributed by atoms with van der Waals surface area (Å²) in [6.07, 6.45) is 3.58. The van der Waals surface area contributed by atoms with Crippen molar-refractivity contribution in [2.45, 2.75) is 25.2 Å². The van der Waals surface area contributed by atoms with Crippen molar-refractivity contribution in [2.75, 3.05) is 31.1 Å². The van der Waals surface area contributed by atoms with Crippen LogP contribution in [0.1, 0.15) is 40.4 Å². The van der Waals surface area contributed by atoms with E-state index < -0.39 is 5.91 Å². The molecular weight excluding hydrogens is 351 g/mol. The first-order chi connectivity index (χ1) is 13.0. The van der Waals surface area contributed by atoms with Crippen LogP contribution in [0.25, 0.3) is 0 Å². The highest BCUT2D eigenvalue weighted by molar-refractivity contribution is 5.89. The summed E-state index contributed by atoms with van der Waals surface area (Å²) in [5.41, 5.74) is 6.62. The van der Waals surface area contributed by atoms with Gasteiger partial charge in [0.15, 0.2) is 0 Å². The van der Waals surface area contributed by atoms with Gasteiger partial charge in [-0.15, -0.1) is 0 Å². The van der Waals surface area contributed by atoms with Crippen molar-refractivity contribution in [3.8, 4) is 0 Å². The number of rotatable bonds is 5. The standard InChI is InChI=1S/C19H21FN4O3/c20-15-9-12(1-4-14(15)13-2-3-13)10-17(25)23-5-7-24(8-6-23)19-22-11-16(27-19)18(21)26/h1,4,9,11,13H,2-3,5-8,10H2,(H2,21,26). The SMILES string of the molecule is NC(=O)c1cnc(N2CCN(C(=O)Cc3ccc(C4CC4)c(F)c3)CC2)o1. The van der Waals surface area contributed by atoms with Gasteiger partial charge < -0.3 is 20.0 Å². The molecule has 142 valence electrons. The molecule has 1 saturated heterocycles. The molecule has 1 aliphatic heterocycles. The Morgan fingerprint density at radius 3 is 2.56 bits per heavy atom. The Hall–Kier alpha value is -2.90. The minimum Gasteiger partial charge on any atom is -0.418 e. The smallest absolute Gasteiger partial charge is 0.298 e. The number of oxazole rings is 1. The van der Waals surface area contributed by atoms with E-state index in [1.54, 1.807) is 4.90 Å². The summed E-state index contributed by atoms with van der Waals surface area (Å²) in [5.74, 6) is -0.531. The molecule has 2 aromatic rings. The number of piperazine rings is 1. The molecule has 27 heavy (non-hydrogen) atoms. The summed E-state index contributed by atoms with van der Waals surface area (Å²) in [6, 6.07) is 5.48. The van der Waals surface area contributed by atoms with Crippen molar-refractivity contribution < 1.29 is 18.4 Å². The number of hydrogen-bond donors (Lipinski definition) is 1. The van der Waals surface area contributed by atoms with Crippen LogP contribution in [0.15, 0.2) is 28.8 Å². The summed E-state index contributed by atoms with van der Waals surface area (Å²) >= 11 is 0. The van der Waals surface area contributed by atoms with Crippen LogP contribution in [0.2, 0.25) is 0 Å². The summed E-state index contributed by atoms with van der Waals surface area (Å²) < 4.78 is 19.5. The molecule has 4 rings (SSSR count). The second-order valence-electron chi connectivity index (χ2n) is 7.05. The van der Waals surface area contributed by atoms with Gasteiger partial charge in [0.25, 0.3) is 11.9 Å². The van der Waals surface area contributed by atoms with Gasteiger partial charge in [0.2, 0.25) is 11.7 Å². The van der Waals surface area contributed by atoms with Crippen molar-refractivity contribution in [3.05, 3.63) is 47.1 Å². The number of nitrogens with zero attached hydrogens (tertiary/aromatic N) is 3. The van der Waals surface area contributed by atoms with Crippen molar-refractivity contribution in [2.24, 2.45) is 5.73 Å². The van der Waals surface area contributed by atoms with Gasteiger partial charge in [-0.3, -0.25) is 9.59 Å². The lowest BCUT2D eigenvalue weighted by atomic mass is 10.0. The molecule has 1 aromatic carbocycles. The maximum Gasteiger partial charge on any atom is 0.298 e. The molecule has 2 fully saturated rings. The van der Waals surface area contributed by atoms with Gasteiger partial charge >= 0.3 is 0 Å². The number of nitrogens with two attached hydrogens (primary N) is 1. The molecule has 7 nitrogen and oxygen atoms in total. The molecule has 2 N–H and O–H groups in total. The van der Waals surface area contributed by atoms with Crippen LogP contribution in [-0.4, -0.2) is 47.9 Å². The zero-order valence-electron chi connectivity index (χ0n) is 14.9. The quantitative estimate of drug-likeness (QED) is 0.862. The van der Waals surface area contributed by atoms with Crippen molar-refractivity contribution in [3.63, 3.8) is 0 Å². The van der Waals surface area contributed by atoms with Crippen LogP contribution < -0.4 is 10.6 Å². The van der Waals surface area contributed by atoms with Crippen LogP contribution in [0, 0.1) is 5.82 Å². The third-order valence-corrected chi connectivity index (χ3v) is 5.08. The lowest BCUT2D eigenvalue weighted by Crippen LogP contribution is -2.49. The lowest BCUT2D eigenvalue weighted by Gasteiger charge is -2.34. The van der Waals surface area contributed by atoms with Gasteiger partial charge in [-0.25, -0.2) is 9.37 Å². The van der Waals surface area contributed by atoms with E-state index in [1.807, 2.05) is 17.0 Å². The molecule has 1 aromatic heterocycles. The third kappa shape index (κ3) is 3.79. The average Bonchev–Trinajstić information content (AvgIpc) is 3.36. The minimum atomic E-state index is -0.664. The van der Waals surface area contributed by atoms with E-state index in [0.29, 0.717) is 43.7 Å². The first-order valence-electron chi connectivity index (χ1n) is 9.08. The molecular formula is C19H21FN4O3. The van der Waals surface area contributed by atoms with Gasteiger partial charge in [0.1, 0.15) is 5.82 Å². The largest absolute Gasteiger partial charge is 0.418 e. The van der Waals surface area contributed by atoms with E-state index in [4.69, 9.17) is 10.2 Å². The van der Waals surface area contributed by atoms with Crippen LogP contribution in [0.5, 0.6) is 0 Å². The second-order valence-corrected chi connectivity index (χ2v) is 7.05. The Labute approximate surface area is 155 Å². The average molecular weight is 372 g/mol. The number of amides is 2. The highest BCUT2D eigenvalue weighted by Crippen LogP contribution is 2.41. The summed E-state index contributed by atoms with van der Waals surface area (Å²) in [5, 5.41) is 0. The highest BCUT2D eigenvalue weighted by Gasteiger charge is 2.27. The van der Waals surface area contributed by atoms with Gasteiger partial charge in [-0.05, 0) is 36.0 Å². The Kier molecular flexibility index (Phi) is 4.55. The molecule has 0 spiro atoms. The third-order valence-electron chi connectivity index (χ3n) is 5.08. The second kappa shape index (κ2) is 7.02. The van der Waals surface area contributed by atoms with Crippen LogP contribution >= 0.6 is 0 Å². The van der Waals surface area contributed by atoms with Crippen molar-refractivity contribution >= 4 is 17.8 Å². The summed E-state index contributed by atoms with van der Waals surface area (Å²) in [6.45, 7) is 2.10. The molecule has 2 aliphatic rings. The van der Waals surface area contributed by atoms with E-state index in [1.165, 1.54) is 12.3 Å². The number of halogens is 1. The fourth-order valence-electron chi connectivity index (χ4n) is 3.36. The molecule has 2 amide bonds. The first kappa shape index (κ1) is 17.5. The Morgan fingerprint density at radius 1 is 1.22 bits per heavy atom. The number of hydrogen-bond acceptors (Lipinski definition) is 5. The first-order valence-corrected chi connectivity index (χ1v) is 9.08. The van der Waals surface area contributed by atoms with Gasteiger partial charge in [0, 0.05) is 26.2 Å². The number of benzene rings is 1. The summed E-state index contributed by atoms with van der Waals surface area (Å²) in [7, 11) is 0. The lowest BCUT2D eigenvalue weighted by molar-refractivity contribution is -0.130. The molecule has 1 aliphatic carbocycles. The van der Waals surface area contributed by atoms with E-state index in [-0.39, 0.29) is 23.9 Å². The normalized spacial score (nSPS) is 17.2. The van der Waals surface area contributed by atoms with E-state index in [2.05, 4.69) is 4.98 Å². The number of anilines is 1. The molecule has 0 bridgehead atoms. The molecule has 0 atom stereocenters. The molecule has 0 radical (unpaired) electrons. The zero-order chi connectivity index (χ0) is 19.0. The fraction of sp³-hybridized carbons (Fsp3) is 0.421. The number of carbonyl (C=O) groups is 2. The molecule has 8 heteroatoms. The Morgan fingerprint density at radius 2 is 1.96 bits per heavy atom. The van der Waals surface area contributed by atoms with Crippen LogP contribution in [-0.2, 0) is 11.2 Å². The predicted octanol–water partition coefficient (Wildman–Crippen LogP) is 1.68. The van der Waals surface area contributed by atoms with Crippen molar-refractivity contribution in [1.29, 1.82) is 0 Å². The molecule has 2 heterocycles. The van der Waals surface area contributed by atoms with Crippen LogP contribution in [0.4, 0.5) is 10.4 Å². The Balaban J connectivity index is 1.33. The van der Waals surface area contributed by atoms with Crippen LogP contribution in [0.3, 0.4) is 0 Å². The number of primary amides is 1. The summed E-state index contributed by atoms with van der Waals surface area (Å²) in [4.78, 5) is 31.3. The zero-order valence-corrected chi connectivity index (χ0v) is 14.9. The maximum absolute atomic E-state index is 14.1. The molecule has 1 saturated carbocycles. The van der Waals surface area contributed by atoms with E-state index in [9.17, 15) is 14.0 Å². The van der Waals surface area contributed by atoms with E-state index >= 15 is 0 Å². The minimum absolute atomic E-state index is 0.0141.